The van der Waals surface area contributed by atoms with Gasteiger partial charge in [0.05, 0.1) is 0 Å². The maximum atomic E-state index is 12.9. The van der Waals surface area contributed by atoms with Crippen molar-refractivity contribution in [1.82, 2.24) is 19.8 Å². The van der Waals surface area contributed by atoms with Gasteiger partial charge in [-0.15, -0.1) is 0 Å². The molecular weight excluding hydrogens is 332 g/mol. The molecule has 2 atom stereocenters. The smallest absolute Gasteiger partial charge is 0.325 e. The summed E-state index contributed by atoms with van der Waals surface area (Å²) in [5.41, 5.74) is 0.0495. The van der Waals surface area contributed by atoms with Crippen LogP contribution < -0.4 is 11.2 Å². The van der Waals surface area contributed by atoms with Gasteiger partial charge in [-0.1, -0.05) is 30.3 Å². The topological polar surface area (TPSA) is 89.3 Å². The van der Waals surface area contributed by atoms with Crippen molar-refractivity contribution in [1.29, 1.82) is 0 Å². The van der Waals surface area contributed by atoms with Crippen LogP contribution in [0.1, 0.15) is 28.8 Å². The highest BCUT2D eigenvalue weighted by atomic mass is 16.2. The summed E-state index contributed by atoms with van der Waals surface area (Å²) in [6.45, 7) is 3.29. The van der Waals surface area contributed by atoms with Crippen LogP contribution in [0, 0.1) is 5.92 Å². The molecule has 4 heterocycles. The van der Waals surface area contributed by atoms with Gasteiger partial charge in [0.2, 0.25) is 0 Å². The van der Waals surface area contributed by atoms with E-state index in [1.54, 1.807) is 0 Å². The Morgan fingerprint density at radius 3 is 2.65 bits per heavy atom. The minimum atomic E-state index is -0.625. The number of nitrogens with zero attached hydrogens (tertiary/aromatic N) is 2. The highest BCUT2D eigenvalue weighted by Crippen LogP contribution is 2.29. The van der Waals surface area contributed by atoms with Gasteiger partial charge in [-0.05, 0) is 24.3 Å². The molecule has 3 aliphatic heterocycles. The van der Waals surface area contributed by atoms with Gasteiger partial charge in [0.15, 0.2) is 0 Å². The number of aromatic amines is 2. The van der Waals surface area contributed by atoms with Crippen molar-refractivity contribution < 1.29 is 4.79 Å². The Morgan fingerprint density at radius 2 is 1.88 bits per heavy atom. The van der Waals surface area contributed by atoms with Gasteiger partial charge in [-0.2, -0.15) is 0 Å². The molecule has 3 fully saturated rings. The molecule has 7 nitrogen and oxygen atoms in total. The van der Waals surface area contributed by atoms with Crippen LogP contribution in [0.3, 0.4) is 0 Å². The van der Waals surface area contributed by atoms with Gasteiger partial charge in [0, 0.05) is 38.4 Å². The summed E-state index contributed by atoms with van der Waals surface area (Å²) < 4.78 is 0. The largest absolute Gasteiger partial charge is 0.334 e. The zero-order chi connectivity index (χ0) is 18.1. The van der Waals surface area contributed by atoms with E-state index < -0.39 is 11.2 Å². The van der Waals surface area contributed by atoms with Crippen LogP contribution in [0.15, 0.2) is 46.1 Å². The van der Waals surface area contributed by atoms with E-state index >= 15 is 0 Å². The lowest BCUT2D eigenvalue weighted by molar-refractivity contribution is 0.0582. The lowest BCUT2D eigenvalue weighted by Crippen LogP contribution is -2.49. The highest BCUT2D eigenvalue weighted by molar-refractivity contribution is 5.93. The molecule has 1 aromatic carbocycles. The van der Waals surface area contributed by atoms with E-state index in [2.05, 4.69) is 27.0 Å². The fourth-order valence-corrected chi connectivity index (χ4v) is 4.12. The summed E-state index contributed by atoms with van der Waals surface area (Å²) in [4.78, 5) is 44.8. The molecular formula is C19H22N4O3. The molecule has 5 rings (SSSR count). The SMILES string of the molecule is O=C(c1c[nH]c(=O)[nH]c1=O)N1C[C@H]2CC[C@@H]1CN(Cc1ccccc1)C2. The second kappa shape index (κ2) is 6.92. The molecule has 136 valence electrons. The fourth-order valence-electron chi connectivity index (χ4n) is 4.12. The standard InChI is InChI=1S/C19H22N4O3/c24-17-16(8-20-19(26)21-17)18(25)23-11-14-6-7-15(23)12-22(10-14)9-13-4-2-1-3-5-13/h1-5,8,14-15H,6-7,9-12H2,(H2,20,21,24,26)/t14-,15+/m0/s1. The monoisotopic (exact) mass is 354 g/mol. The Morgan fingerprint density at radius 1 is 1.08 bits per heavy atom. The Labute approximate surface area is 150 Å². The Hall–Kier alpha value is -2.67. The normalized spacial score (nSPS) is 23.0. The van der Waals surface area contributed by atoms with Gasteiger partial charge < -0.3 is 9.88 Å². The van der Waals surface area contributed by atoms with Crippen LogP contribution in [0.4, 0.5) is 0 Å². The van der Waals surface area contributed by atoms with Crippen molar-refractivity contribution in [2.24, 2.45) is 5.92 Å². The number of nitrogens with one attached hydrogen (secondary N) is 2. The Kier molecular flexibility index (Phi) is 4.46. The molecule has 0 saturated carbocycles. The number of piperidine rings is 1. The Bertz CT molecular complexity index is 905. The maximum absolute atomic E-state index is 12.9. The molecule has 2 N–H and O–H groups in total. The van der Waals surface area contributed by atoms with Gasteiger partial charge in [-0.3, -0.25) is 19.5 Å². The van der Waals surface area contributed by atoms with E-state index in [-0.39, 0.29) is 17.5 Å². The van der Waals surface area contributed by atoms with E-state index in [1.807, 2.05) is 23.1 Å². The predicted molar refractivity (Wildman–Crippen MR) is 97.0 cm³/mol. The lowest BCUT2D eigenvalue weighted by Gasteiger charge is -2.36. The minimum absolute atomic E-state index is 0.00626. The molecule has 0 radical (unpaired) electrons. The molecule has 0 spiro atoms. The van der Waals surface area contributed by atoms with Crippen molar-refractivity contribution in [3.8, 4) is 0 Å². The number of hydrogen-bond acceptors (Lipinski definition) is 4. The van der Waals surface area contributed by atoms with E-state index in [1.165, 1.54) is 11.8 Å². The van der Waals surface area contributed by atoms with E-state index in [4.69, 9.17) is 0 Å². The fraction of sp³-hybridized carbons (Fsp3) is 0.421. The molecule has 1 amide bonds. The van der Waals surface area contributed by atoms with Crippen molar-refractivity contribution in [2.75, 3.05) is 19.6 Å². The number of H-pyrrole nitrogens is 2. The van der Waals surface area contributed by atoms with Crippen molar-refractivity contribution >= 4 is 5.91 Å². The van der Waals surface area contributed by atoms with Crippen LogP contribution in [0.25, 0.3) is 0 Å². The first-order valence-corrected chi connectivity index (χ1v) is 8.99. The van der Waals surface area contributed by atoms with Crippen molar-refractivity contribution in [3.63, 3.8) is 0 Å². The number of fused-ring (bicyclic) bond motifs is 4. The number of amides is 1. The highest BCUT2D eigenvalue weighted by Gasteiger charge is 2.38. The third kappa shape index (κ3) is 3.35. The van der Waals surface area contributed by atoms with Gasteiger partial charge in [0.1, 0.15) is 5.56 Å². The summed E-state index contributed by atoms with van der Waals surface area (Å²) in [5.74, 6) is 0.113. The molecule has 3 saturated heterocycles. The van der Waals surface area contributed by atoms with Crippen LogP contribution in [-0.4, -0.2) is 51.4 Å². The molecule has 7 heteroatoms. The number of carbonyl (C=O) groups is 1. The van der Waals surface area contributed by atoms with Crippen LogP contribution in [0.5, 0.6) is 0 Å². The second-order valence-electron chi connectivity index (χ2n) is 7.22. The molecule has 3 aliphatic rings. The minimum Gasteiger partial charge on any atom is -0.334 e. The first-order chi connectivity index (χ1) is 12.6. The molecule has 2 bridgehead atoms. The van der Waals surface area contributed by atoms with E-state index in [9.17, 15) is 14.4 Å². The van der Waals surface area contributed by atoms with Gasteiger partial charge >= 0.3 is 5.69 Å². The summed E-state index contributed by atoms with van der Waals surface area (Å²) in [7, 11) is 0. The van der Waals surface area contributed by atoms with Crippen molar-refractivity contribution in [2.45, 2.75) is 25.4 Å². The number of rotatable bonds is 3. The quantitative estimate of drug-likeness (QED) is 0.853. The van der Waals surface area contributed by atoms with Crippen molar-refractivity contribution in [3.05, 3.63) is 68.5 Å². The summed E-state index contributed by atoms with van der Waals surface area (Å²) in [5, 5.41) is 0. The molecule has 2 aromatic rings. The summed E-state index contributed by atoms with van der Waals surface area (Å²) >= 11 is 0. The van der Waals surface area contributed by atoms with Gasteiger partial charge in [-0.25, -0.2) is 4.79 Å². The average molecular weight is 354 g/mol. The molecule has 0 unspecified atom stereocenters. The van der Waals surface area contributed by atoms with Crippen LogP contribution in [-0.2, 0) is 6.54 Å². The number of benzene rings is 1. The van der Waals surface area contributed by atoms with Crippen LogP contribution >= 0.6 is 0 Å². The molecule has 26 heavy (non-hydrogen) atoms. The van der Waals surface area contributed by atoms with E-state index in [0.29, 0.717) is 12.5 Å². The zero-order valence-electron chi connectivity index (χ0n) is 14.5. The first kappa shape index (κ1) is 16.8. The summed E-state index contributed by atoms with van der Waals surface area (Å²) in [6, 6.07) is 10.4. The maximum Gasteiger partial charge on any atom is 0.325 e. The molecule has 1 aromatic heterocycles. The number of carbonyl (C=O) groups excluding carboxylic acids is 1. The predicted octanol–water partition coefficient (Wildman–Crippen LogP) is 0.800. The van der Waals surface area contributed by atoms with Gasteiger partial charge in [0.25, 0.3) is 11.5 Å². The second-order valence-corrected chi connectivity index (χ2v) is 7.22. The third-order valence-electron chi connectivity index (χ3n) is 5.35. The van der Waals surface area contributed by atoms with Crippen LogP contribution in [0.2, 0.25) is 0 Å². The first-order valence-electron chi connectivity index (χ1n) is 8.99. The van der Waals surface area contributed by atoms with E-state index in [0.717, 1.165) is 32.5 Å². The summed E-state index contributed by atoms with van der Waals surface area (Å²) in [6.07, 6.45) is 3.27. The average Bonchev–Trinajstić information content (AvgIpc) is 2.92. The zero-order valence-corrected chi connectivity index (χ0v) is 14.5. The lowest BCUT2D eigenvalue weighted by atomic mass is 9.94. The third-order valence-corrected chi connectivity index (χ3v) is 5.35. The Balaban J connectivity index is 1.54. The number of hydrogen-bond donors (Lipinski definition) is 2. The number of aromatic nitrogens is 2. The molecule has 0 aliphatic carbocycles.